The van der Waals surface area contributed by atoms with E-state index in [4.69, 9.17) is 0 Å². The second kappa shape index (κ2) is 6.88. The minimum Gasteiger partial charge on any atom is -0.357 e. The Labute approximate surface area is 141 Å². The average molecular weight is 347 g/mol. The summed E-state index contributed by atoms with van der Waals surface area (Å²) in [5, 5.41) is 2.75. The van der Waals surface area contributed by atoms with Gasteiger partial charge in [-0.1, -0.05) is 18.2 Å². The monoisotopic (exact) mass is 347 g/mol. The Kier molecular flexibility index (Phi) is 4.65. The van der Waals surface area contributed by atoms with Crippen molar-refractivity contribution in [3.05, 3.63) is 89.6 Å². The van der Waals surface area contributed by atoms with E-state index in [9.17, 15) is 17.6 Å². The highest BCUT2D eigenvalue weighted by molar-refractivity contribution is 5.49. The summed E-state index contributed by atoms with van der Waals surface area (Å²) >= 11 is 0. The number of nitrogens with one attached hydrogen (secondary N) is 1. The Bertz CT molecular complexity index is 850. The van der Waals surface area contributed by atoms with Crippen molar-refractivity contribution >= 4 is 5.82 Å². The molecule has 0 spiro atoms. The molecule has 3 aromatic rings. The summed E-state index contributed by atoms with van der Waals surface area (Å²) in [6.07, 6.45) is -1.78. The van der Waals surface area contributed by atoms with E-state index in [0.717, 1.165) is 6.07 Å². The van der Waals surface area contributed by atoms with E-state index in [2.05, 4.69) is 15.3 Å². The van der Waals surface area contributed by atoms with Crippen LogP contribution in [-0.4, -0.2) is 9.97 Å². The van der Waals surface area contributed by atoms with Gasteiger partial charge in [0.25, 0.3) is 0 Å². The number of pyridine rings is 2. The molecule has 25 heavy (non-hydrogen) atoms. The van der Waals surface area contributed by atoms with E-state index in [-0.39, 0.29) is 5.82 Å². The van der Waals surface area contributed by atoms with Gasteiger partial charge in [0.2, 0.25) is 0 Å². The second-order valence-electron chi connectivity index (χ2n) is 5.28. The third-order valence-corrected chi connectivity index (χ3v) is 3.56. The molecule has 1 aromatic carbocycles. The number of hydrogen-bond donors (Lipinski definition) is 1. The van der Waals surface area contributed by atoms with Gasteiger partial charge in [-0.15, -0.1) is 0 Å². The smallest absolute Gasteiger partial charge is 0.357 e. The first-order valence-corrected chi connectivity index (χ1v) is 7.40. The molecule has 0 fully saturated rings. The SMILES string of the molecule is Fc1cccc(C(Nc2ncccc2C(F)(F)F)c2ccccn2)c1. The van der Waals surface area contributed by atoms with Gasteiger partial charge in [0.15, 0.2) is 0 Å². The zero-order valence-electron chi connectivity index (χ0n) is 12.8. The number of nitrogens with zero attached hydrogens (tertiary/aromatic N) is 2. The summed E-state index contributed by atoms with van der Waals surface area (Å²) in [6.45, 7) is 0. The lowest BCUT2D eigenvalue weighted by Gasteiger charge is -2.21. The van der Waals surface area contributed by atoms with Crippen molar-refractivity contribution in [3.63, 3.8) is 0 Å². The van der Waals surface area contributed by atoms with Crippen LogP contribution in [0, 0.1) is 5.82 Å². The Morgan fingerprint density at radius 1 is 0.880 bits per heavy atom. The fourth-order valence-electron chi connectivity index (χ4n) is 2.45. The molecule has 7 heteroatoms. The van der Waals surface area contributed by atoms with Crippen LogP contribution in [0.15, 0.2) is 67.0 Å². The summed E-state index contributed by atoms with van der Waals surface area (Å²) in [4.78, 5) is 7.98. The van der Waals surface area contributed by atoms with Gasteiger partial charge in [-0.2, -0.15) is 13.2 Å². The predicted octanol–water partition coefficient (Wildman–Crippen LogP) is 4.84. The molecule has 1 atom stereocenters. The standard InChI is InChI=1S/C18H13F4N3/c19-13-6-3-5-12(11-13)16(15-8-1-2-9-23-15)25-17-14(18(20,21)22)7-4-10-24-17/h1-11,16H,(H,24,25). The molecule has 3 rings (SSSR count). The molecule has 0 aliphatic rings. The van der Waals surface area contributed by atoms with E-state index in [1.807, 2.05) is 0 Å². The van der Waals surface area contributed by atoms with Crippen LogP contribution in [-0.2, 0) is 6.18 Å². The summed E-state index contributed by atoms with van der Waals surface area (Å²) < 4.78 is 53.2. The van der Waals surface area contributed by atoms with Gasteiger partial charge in [-0.05, 0) is 42.0 Å². The topological polar surface area (TPSA) is 37.8 Å². The maximum absolute atomic E-state index is 13.6. The third kappa shape index (κ3) is 3.93. The molecule has 0 radical (unpaired) electrons. The molecule has 0 saturated carbocycles. The second-order valence-corrected chi connectivity index (χ2v) is 5.28. The molecule has 2 aromatic heterocycles. The van der Waals surface area contributed by atoms with Gasteiger partial charge in [0.1, 0.15) is 11.6 Å². The quantitative estimate of drug-likeness (QED) is 0.687. The molecular formula is C18H13F4N3. The first kappa shape index (κ1) is 16.9. The van der Waals surface area contributed by atoms with Crippen LogP contribution in [0.1, 0.15) is 22.9 Å². The van der Waals surface area contributed by atoms with Gasteiger partial charge < -0.3 is 5.32 Å². The lowest BCUT2D eigenvalue weighted by Crippen LogP contribution is -2.18. The summed E-state index contributed by atoms with van der Waals surface area (Å²) in [6, 6.07) is 12.0. The zero-order chi connectivity index (χ0) is 17.9. The van der Waals surface area contributed by atoms with Gasteiger partial charge in [0, 0.05) is 12.4 Å². The third-order valence-electron chi connectivity index (χ3n) is 3.56. The molecule has 0 amide bonds. The highest BCUT2D eigenvalue weighted by Gasteiger charge is 2.35. The number of alkyl halides is 3. The van der Waals surface area contributed by atoms with Crippen LogP contribution in [0.2, 0.25) is 0 Å². The van der Waals surface area contributed by atoms with E-state index in [1.165, 1.54) is 36.7 Å². The average Bonchev–Trinajstić information content (AvgIpc) is 2.60. The van der Waals surface area contributed by atoms with Crippen LogP contribution in [0.3, 0.4) is 0 Å². The molecule has 2 heterocycles. The number of anilines is 1. The van der Waals surface area contributed by atoms with Crippen molar-refractivity contribution in [2.24, 2.45) is 0 Å². The number of benzene rings is 1. The van der Waals surface area contributed by atoms with Crippen molar-refractivity contribution in [1.82, 2.24) is 9.97 Å². The summed E-state index contributed by atoms with van der Waals surface area (Å²) in [5.74, 6) is -0.827. The van der Waals surface area contributed by atoms with Crippen LogP contribution in [0.4, 0.5) is 23.4 Å². The molecule has 0 aliphatic carbocycles. The fourth-order valence-corrected chi connectivity index (χ4v) is 2.45. The maximum atomic E-state index is 13.6. The van der Waals surface area contributed by atoms with Crippen molar-refractivity contribution in [3.8, 4) is 0 Å². The molecule has 3 nitrogen and oxygen atoms in total. The van der Waals surface area contributed by atoms with Crippen LogP contribution in [0.25, 0.3) is 0 Å². The molecule has 0 saturated heterocycles. The Morgan fingerprint density at radius 3 is 2.36 bits per heavy atom. The fraction of sp³-hybridized carbons (Fsp3) is 0.111. The predicted molar refractivity (Wildman–Crippen MR) is 85.3 cm³/mol. The number of rotatable bonds is 4. The Hall–Kier alpha value is -2.96. The minimum atomic E-state index is -4.56. The molecule has 0 aliphatic heterocycles. The summed E-state index contributed by atoms with van der Waals surface area (Å²) in [5.41, 5.74) is -0.00307. The van der Waals surface area contributed by atoms with E-state index >= 15 is 0 Å². The molecule has 1 unspecified atom stereocenters. The van der Waals surface area contributed by atoms with Crippen LogP contribution < -0.4 is 5.32 Å². The highest BCUT2D eigenvalue weighted by atomic mass is 19.4. The van der Waals surface area contributed by atoms with Gasteiger partial charge in [0.05, 0.1) is 17.3 Å². The highest BCUT2D eigenvalue weighted by Crippen LogP contribution is 2.35. The van der Waals surface area contributed by atoms with Crippen molar-refractivity contribution in [2.45, 2.75) is 12.2 Å². The lowest BCUT2D eigenvalue weighted by atomic mass is 10.0. The van der Waals surface area contributed by atoms with E-state index in [1.54, 1.807) is 24.3 Å². The first-order valence-electron chi connectivity index (χ1n) is 7.40. The lowest BCUT2D eigenvalue weighted by molar-refractivity contribution is -0.137. The molecule has 0 bridgehead atoms. The normalized spacial score (nSPS) is 12.6. The van der Waals surface area contributed by atoms with E-state index in [0.29, 0.717) is 11.3 Å². The molecule has 1 N–H and O–H groups in total. The number of halogens is 4. The molecular weight excluding hydrogens is 334 g/mol. The van der Waals surface area contributed by atoms with Crippen molar-refractivity contribution in [2.75, 3.05) is 5.32 Å². The maximum Gasteiger partial charge on any atom is 0.419 e. The Balaban J connectivity index is 2.06. The van der Waals surface area contributed by atoms with Crippen LogP contribution in [0.5, 0.6) is 0 Å². The largest absolute Gasteiger partial charge is 0.419 e. The van der Waals surface area contributed by atoms with Crippen molar-refractivity contribution in [1.29, 1.82) is 0 Å². The van der Waals surface area contributed by atoms with Gasteiger partial charge >= 0.3 is 6.18 Å². The minimum absolute atomic E-state index is 0.338. The summed E-state index contributed by atoms with van der Waals surface area (Å²) in [7, 11) is 0. The first-order chi connectivity index (χ1) is 11.9. The van der Waals surface area contributed by atoms with Crippen molar-refractivity contribution < 1.29 is 17.6 Å². The van der Waals surface area contributed by atoms with Gasteiger partial charge in [-0.3, -0.25) is 4.98 Å². The zero-order valence-corrected chi connectivity index (χ0v) is 12.8. The van der Waals surface area contributed by atoms with E-state index < -0.39 is 23.6 Å². The van der Waals surface area contributed by atoms with Crippen LogP contribution >= 0.6 is 0 Å². The van der Waals surface area contributed by atoms with Gasteiger partial charge in [-0.25, -0.2) is 9.37 Å². The molecule has 128 valence electrons. The number of aromatic nitrogens is 2. The number of hydrogen-bond acceptors (Lipinski definition) is 3. The Morgan fingerprint density at radius 2 is 1.68 bits per heavy atom.